The highest BCUT2D eigenvalue weighted by Gasteiger charge is 2.09. The van der Waals surface area contributed by atoms with Gasteiger partial charge in [-0.15, -0.1) is 0 Å². The van der Waals surface area contributed by atoms with Crippen LogP contribution < -0.4 is 11.1 Å². The first kappa shape index (κ1) is 12.5. The highest BCUT2D eigenvalue weighted by Crippen LogP contribution is 2.23. The van der Waals surface area contributed by atoms with E-state index in [4.69, 9.17) is 5.73 Å². The minimum atomic E-state index is -0.171. The molecule has 0 spiro atoms. The summed E-state index contributed by atoms with van der Waals surface area (Å²) in [6.07, 6.45) is 1.02. The number of amides is 1. The summed E-state index contributed by atoms with van der Waals surface area (Å²) in [6, 6.07) is 4.94. The Labute approximate surface area is 95.5 Å². The van der Waals surface area contributed by atoms with E-state index in [2.05, 4.69) is 5.32 Å². The van der Waals surface area contributed by atoms with Crippen LogP contribution in [0.2, 0.25) is 0 Å². The Bertz CT molecular complexity index is 377. The molecule has 0 fully saturated rings. The molecule has 0 radical (unpaired) electrons. The molecule has 0 saturated heterocycles. The van der Waals surface area contributed by atoms with E-state index in [9.17, 15) is 9.90 Å². The van der Waals surface area contributed by atoms with Gasteiger partial charge in [-0.2, -0.15) is 0 Å². The first-order valence-electron chi connectivity index (χ1n) is 5.38. The molecule has 1 aromatic carbocycles. The second-order valence-electron chi connectivity index (χ2n) is 3.94. The summed E-state index contributed by atoms with van der Waals surface area (Å²) in [5, 5.41) is 12.2. The number of nitrogens with one attached hydrogen (secondary N) is 1. The Morgan fingerprint density at radius 3 is 2.88 bits per heavy atom. The van der Waals surface area contributed by atoms with Gasteiger partial charge in [0.05, 0.1) is 5.69 Å². The molecule has 88 valence electrons. The summed E-state index contributed by atoms with van der Waals surface area (Å²) in [4.78, 5) is 11.5. The average molecular weight is 222 g/mol. The molecule has 4 heteroatoms. The number of benzene rings is 1. The van der Waals surface area contributed by atoms with Gasteiger partial charge in [-0.05, 0) is 31.0 Å². The lowest BCUT2D eigenvalue weighted by atomic mass is 10.1. The van der Waals surface area contributed by atoms with Crippen molar-refractivity contribution in [3.05, 3.63) is 23.8 Å². The summed E-state index contributed by atoms with van der Waals surface area (Å²) >= 11 is 0. The Kier molecular flexibility index (Phi) is 4.31. The van der Waals surface area contributed by atoms with Crippen LogP contribution in [-0.2, 0) is 4.79 Å². The van der Waals surface area contributed by atoms with E-state index in [1.54, 1.807) is 18.2 Å². The van der Waals surface area contributed by atoms with Gasteiger partial charge in [0.2, 0.25) is 5.91 Å². The lowest BCUT2D eigenvalue weighted by molar-refractivity contribution is -0.116. The molecule has 1 atom stereocenters. The van der Waals surface area contributed by atoms with Crippen LogP contribution in [-0.4, -0.2) is 17.1 Å². The maximum absolute atomic E-state index is 11.5. The number of aryl methyl sites for hydroxylation is 1. The van der Waals surface area contributed by atoms with Gasteiger partial charge in [0.1, 0.15) is 5.75 Å². The minimum absolute atomic E-state index is 0.0732. The van der Waals surface area contributed by atoms with Gasteiger partial charge in [-0.25, -0.2) is 0 Å². The Hall–Kier alpha value is -1.55. The molecule has 0 saturated carbocycles. The van der Waals surface area contributed by atoms with Gasteiger partial charge in [0.15, 0.2) is 0 Å². The summed E-state index contributed by atoms with van der Waals surface area (Å²) in [5.74, 6) is -0.0979. The monoisotopic (exact) mass is 222 g/mol. The van der Waals surface area contributed by atoms with E-state index in [0.717, 1.165) is 12.0 Å². The van der Waals surface area contributed by atoms with Crippen LogP contribution in [0.4, 0.5) is 5.69 Å². The molecule has 0 aromatic heterocycles. The molecule has 4 nitrogen and oxygen atoms in total. The van der Waals surface area contributed by atoms with Crippen LogP contribution in [0.1, 0.15) is 25.3 Å². The zero-order chi connectivity index (χ0) is 12.1. The predicted molar refractivity (Wildman–Crippen MR) is 64.4 cm³/mol. The van der Waals surface area contributed by atoms with Crippen molar-refractivity contribution in [3.63, 3.8) is 0 Å². The molecular formula is C12H18N2O2. The number of rotatable bonds is 4. The van der Waals surface area contributed by atoms with Gasteiger partial charge in [0.25, 0.3) is 0 Å². The number of anilines is 1. The van der Waals surface area contributed by atoms with Crippen LogP contribution >= 0.6 is 0 Å². The van der Waals surface area contributed by atoms with Gasteiger partial charge in [0, 0.05) is 12.5 Å². The molecule has 0 aliphatic rings. The zero-order valence-electron chi connectivity index (χ0n) is 9.66. The average Bonchev–Trinajstić information content (AvgIpc) is 2.23. The van der Waals surface area contributed by atoms with Crippen molar-refractivity contribution in [3.8, 4) is 5.75 Å². The first-order chi connectivity index (χ1) is 7.52. The molecule has 4 N–H and O–H groups in total. The fourth-order valence-corrected chi connectivity index (χ4v) is 1.33. The summed E-state index contributed by atoms with van der Waals surface area (Å²) in [6.45, 7) is 3.83. The lowest BCUT2D eigenvalue weighted by Crippen LogP contribution is -2.26. The van der Waals surface area contributed by atoms with Crippen molar-refractivity contribution < 1.29 is 9.90 Å². The molecular weight excluding hydrogens is 204 g/mol. The summed E-state index contributed by atoms with van der Waals surface area (Å²) in [7, 11) is 0. The van der Waals surface area contributed by atoms with Crippen molar-refractivity contribution in [1.29, 1.82) is 0 Å². The summed E-state index contributed by atoms with van der Waals surface area (Å²) in [5.41, 5.74) is 7.09. The molecule has 0 heterocycles. The number of aromatic hydroxyl groups is 1. The Morgan fingerprint density at radius 2 is 2.25 bits per heavy atom. The smallest absolute Gasteiger partial charge is 0.226 e. The van der Waals surface area contributed by atoms with E-state index in [0.29, 0.717) is 5.69 Å². The topological polar surface area (TPSA) is 75.4 Å². The van der Waals surface area contributed by atoms with Crippen LogP contribution in [0.25, 0.3) is 0 Å². The van der Waals surface area contributed by atoms with Crippen molar-refractivity contribution in [2.75, 3.05) is 5.32 Å². The Balaban J connectivity index is 2.65. The third-order valence-electron chi connectivity index (χ3n) is 2.40. The first-order valence-corrected chi connectivity index (χ1v) is 5.38. The lowest BCUT2D eigenvalue weighted by Gasteiger charge is -2.11. The second kappa shape index (κ2) is 5.51. The van der Waals surface area contributed by atoms with Crippen LogP contribution in [0.5, 0.6) is 5.75 Å². The quantitative estimate of drug-likeness (QED) is 0.679. The van der Waals surface area contributed by atoms with E-state index >= 15 is 0 Å². The van der Waals surface area contributed by atoms with Gasteiger partial charge in [-0.1, -0.05) is 13.0 Å². The van der Waals surface area contributed by atoms with E-state index in [-0.39, 0.29) is 24.1 Å². The number of phenols is 1. The van der Waals surface area contributed by atoms with Crippen molar-refractivity contribution in [2.45, 2.75) is 32.7 Å². The maximum Gasteiger partial charge on any atom is 0.226 e. The molecule has 0 aliphatic carbocycles. The molecule has 1 rings (SSSR count). The van der Waals surface area contributed by atoms with E-state index in [1.165, 1.54) is 0 Å². The van der Waals surface area contributed by atoms with Crippen LogP contribution in [0.3, 0.4) is 0 Å². The Morgan fingerprint density at radius 1 is 1.56 bits per heavy atom. The highest BCUT2D eigenvalue weighted by atomic mass is 16.3. The molecule has 1 aromatic rings. The zero-order valence-corrected chi connectivity index (χ0v) is 9.66. The van der Waals surface area contributed by atoms with E-state index in [1.807, 2.05) is 13.8 Å². The van der Waals surface area contributed by atoms with Gasteiger partial charge >= 0.3 is 0 Å². The van der Waals surface area contributed by atoms with Crippen LogP contribution in [0, 0.1) is 6.92 Å². The third-order valence-corrected chi connectivity index (χ3v) is 2.40. The third kappa shape index (κ3) is 3.55. The van der Waals surface area contributed by atoms with Gasteiger partial charge in [-0.3, -0.25) is 4.79 Å². The number of carbonyl (C=O) groups is 1. The minimum Gasteiger partial charge on any atom is -0.506 e. The standard InChI is InChI=1S/C12H18N2O2/c1-3-9(13)7-12(16)14-10-6-8(2)4-5-11(10)15/h4-6,9,15H,3,7,13H2,1-2H3,(H,14,16). The number of nitrogens with two attached hydrogens (primary N) is 1. The number of carbonyl (C=O) groups excluding carboxylic acids is 1. The largest absolute Gasteiger partial charge is 0.506 e. The summed E-state index contributed by atoms with van der Waals surface area (Å²) < 4.78 is 0. The predicted octanol–water partition coefficient (Wildman–Crippen LogP) is 1.77. The molecule has 16 heavy (non-hydrogen) atoms. The molecule has 1 amide bonds. The maximum atomic E-state index is 11.5. The highest BCUT2D eigenvalue weighted by molar-refractivity contribution is 5.92. The molecule has 1 unspecified atom stereocenters. The van der Waals surface area contributed by atoms with Crippen molar-refractivity contribution in [1.82, 2.24) is 0 Å². The van der Waals surface area contributed by atoms with E-state index < -0.39 is 0 Å². The molecule has 0 bridgehead atoms. The second-order valence-corrected chi connectivity index (χ2v) is 3.94. The number of phenolic OH excluding ortho intramolecular Hbond substituents is 1. The van der Waals surface area contributed by atoms with Crippen molar-refractivity contribution >= 4 is 11.6 Å². The fraction of sp³-hybridized carbons (Fsp3) is 0.417. The fourth-order valence-electron chi connectivity index (χ4n) is 1.33. The molecule has 0 aliphatic heterocycles. The SMILES string of the molecule is CCC(N)CC(=O)Nc1cc(C)ccc1O. The van der Waals surface area contributed by atoms with Gasteiger partial charge < -0.3 is 16.2 Å². The van der Waals surface area contributed by atoms with Crippen LogP contribution in [0.15, 0.2) is 18.2 Å². The van der Waals surface area contributed by atoms with Crippen molar-refractivity contribution in [2.24, 2.45) is 5.73 Å². The number of hydrogen-bond donors (Lipinski definition) is 3. The number of hydrogen-bond acceptors (Lipinski definition) is 3. The normalized spacial score (nSPS) is 12.2.